The van der Waals surface area contributed by atoms with Gasteiger partial charge in [-0.05, 0) is 38.8 Å². The number of carbonyl (C=O) groups is 3. The maximum atomic E-state index is 11.7. The summed E-state index contributed by atoms with van der Waals surface area (Å²) in [5.74, 6) is -1.35. The molecule has 1 aromatic heterocycles. The van der Waals surface area contributed by atoms with E-state index in [2.05, 4.69) is 10.3 Å². The lowest BCUT2D eigenvalue weighted by Crippen LogP contribution is -2.27. The van der Waals surface area contributed by atoms with Gasteiger partial charge in [-0.1, -0.05) is 24.8 Å². The van der Waals surface area contributed by atoms with Crippen molar-refractivity contribution in [2.75, 3.05) is 5.32 Å². The number of thioether (sulfide) groups is 1. The normalized spacial score (nSPS) is 13.6. The van der Waals surface area contributed by atoms with Crippen molar-refractivity contribution in [3.05, 3.63) is 23.9 Å². The predicted octanol–water partition coefficient (Wildman–Crippen LogP) is 3.34. The minimum Gasteiger partial charge on any atom is -0.481 e. The number of carbonyl (C=O) groups excluding carboxylic acids is 2. The molecule has 25 heavy (non-hydrogen) atoms. The fourth-order valence-electron chi connectivity index (χ4n) is 2.08. The van der Waals surface area contributed by atoms with E-state index in [0.29, 0.717) is 11.4 Å². The van der Waals surface area contributed by atoms with Gasteiger partial charge in [0.1, 0.15) is 11.4 Å². The maximum Gasteiger partial charge on any atom is 0.413 e. The summed E-state index contributed by atoms with van der Waals surface area (Å²) in [6.07, 6.45) is 1.15. The first kappa shape index (κ1) is 21.0. The SMILES string of the molecule is CC(=O)SC(C)C(Cc1ccc(NC(=O)OC(C)(C)C)nc1)C(=O)O. The molecule has 0 saturated heterocycles. The molecule has 8 heteroatoms. The van der Waals surface area contributed by atoms with Gasteiger partial charge in [-0.2, -0.15) is 0 Å². The Bertz CT molecular complexity index is 625. The summed E-state index contributed by atoms with van der Waals surface area (Å²) >= 11 is 1.01. The fourth-order valence-corrected chi connectivity index (χ4v) is 2.98. The van der Waals surface area contributed by atoms with E-state index in [1.165, 1.54) is 13.1 Å². The quantitative estimate of drug-likeness (QED) is 0.793. The first-order valence-corrected chi connectivity index (χ1v) is 8.71. The van der Waals surface area contributed by atoms with Gasteiger partial charge in [0.2, 0.25) is 0 Å². The molecule has 0 aliphatic rings. The standard InChI is InChI=1S/C17H24N2O5S/c1-10(25-11(2)20)13(15(21)22)8-12-6-7-14(18-9-12)19-16(23)24-17(3,4)5/h6-7,9-10,13H,8H2,1-5H3,(H,21,22)(H,18,19,23). The molecule has 0 saturated carbocycles. The number of hydrogen-bond acceptors (Lipinski definition) is 6. The Morgan fingerprint density at radius 3 is 2.40 bits per heavy atom. The smallest absolute Gasteiger partial charge is 0.413 e. The third kappa shape index (κ3) is 8.02. The molecule has 1 heterocycles. The molecule has 0 radical (unpaired) electrons. The van der Waals surface area contributed by atoms with Crippen LogP contribution >= 0.6 is 11.8 Å². The van der Waals surface area contributed by atoms with Gasteiger partial charge in [-0.25, -0.2) is 9.78 Å². The topological polar surface area (TPSA) is 106 Å². The van der Waals surface area contributed by atoms with Gasteiger partial charge in [-0.3, -0.25) is 14.9 Å². The molecule has 0 fully saturated rings. The average molecular weight is 368 g/mol. The number of pyridine rings is 1. The zero-order chi connectivity index (χ0) is 19.2. The highest BCUT2D eigenvalue weighted by atomic mass is 32.2. The summed E-state index contributed by atoms with van der Waals surface area (Å²) in [6.45, 7) is 8.41. The van der Waals surface area contributed by atoms with Crippen LogP contribution in [-0.4, -0.2) is 38.1 Å². The monoisotopic (exact) mass is 368 g/mol. The van der Waals surface area contributed by atoms with Gasteiger partial charge >= 0.3 is 12.1 Å². The molecule has 2 unspecified atom stereocenters. The van der Waals surface area contributed by atoms with Gasteiger partial charge in [0, 0.05) is 18.4 Å². The number of amides is 1. The lowest BCUT2D eigenvalue weighted by molar-refractivity contribution is -0.141. The lowest BCUT2D eigenvalue weighted by atomic mass is 9.98. The van der Waals surface area contributed by atoms with Crippen LogP contribution in [0.3, 0.4) is 0 Å². The van der Waals surface area contributed by atoms with E-state index in [-0.39, 0.29) is 16.8 Å². The second kappa shape index (κ2) is 8.84. The van der Waals surface area contributed by atoms with Crippen LogP contribution in [0, 0.1) is 5.92 Å². The highest BCUT2D eigenvalue weighted by molar-refractivity contribution is 8.14. The summed E-state index contributed by atoms with van der Waals surface area (Å²) < 4.78 is 5.13. The van der Waals surface area contributed by atoms with E-state index in [1.807, 2.05) is 0 Å². The van der Waals surface area contributed by atoms with Crippen LogP contribution in [0.5, 0.6) is 0 Å². The van der Waals surface area contributed by atoms with Crippen LogP contribution in [0.25, 0.3) is 0 Å². The van der Waals surface area contributed by atoms with E-state index in [0.717, 1.165) is 11.8 Å². The minimum atomic E-state index is -0.961. The summed E-state index contributed by atoms with van der Waals surface area (Å²) in [5, 5.41) is 11.4. The Kier molecular flexibility index (Phi) is 7.41. The zero-order valence-electron chi connectivity index (χ0n) is 15.0. The molecule has 0 aromatic carbocycles. The molecular weight excluding hydrogens is 344 g/mol. The number of nitrogens with one attached hydrogen (secondary N) is 1. The van der Waals surface area contributed by atoms with Gasteiger partial charge in [-0.15, -0.1) is 0 Å². The highest BCUT2D eigenvalue weighted by Gasteiger charge is 2.26. The van der Waals surface area contributed by atoms with Crippen molar-refractivity contribution in [2.24, 2.45) is 5.92 Å². The number of rotatable bonds is 6. The van der Waals surface area contributed by atoms with Crippen molar-refractivity contribution in [3.8, 4) is 0 Å². The van der Waals surface area contributed by atoms with Crippen molar-refractivity contribution < 1.29 is 24.2 Å². The van der Waals surface area contributed by atoms with Crippen LogP contribution in [0.1, 0.15) is 40.2 Å². The van der Waals surface area contributed by atoms with Crippen LogP contribution < -0.4 is 5.32 Å². The fraction of sp³-hybridized carbons (Fsp3) is 0.529. The Morgan fingerprint density at radius 1 is 1.32 bits per heavy atom. The van der Waals surface area contributed by atoms with Crippen LogP contribution in [0.2, 0.25) is 0 Å². The first-order chi connectivity index (χ1) is 11.5. The number of ether oxygens (including phenoxy) is 1. The molecule has 7 nitrogen and oxygen atoms in total. The van der Waals surface area contributed by atoms with Crippen molar-refractivity contribution >= 4 is 34.8 Å². The molecule has 2 atom stereocenters. The summed E-state index contributed by atoms with van der Waals surface area (Å²) in [6, 6.07) is 3.28. The number of carboxylic acid groups (broad SMARTS) is 1. The third-order valence-electron chi connectivity index (χ3n) is 3.15. The van der Waals surface area contributed by atoms with Crippen molar-refractivity contribution in [1.29, 1.82) is 0 Å². The van der Waals surface area contributed by atoms with Crippen LogP contribution in [0.4, 0.5) is 10.6 Å². The predicted molar refractivity (Wildman–Crippen MR) is 96.7 cm³/mol. The highest BCUT2D eigenvalue weighted by Crippen LogP contribution is 2.24. The Hall–Kier alpha value is -2.09. The van der Waals surface area contributed by atoms with E-state index in [9.17, 15) is 19.5 Å². The average Bonchev–Trinajstić information content (AvgIpc) is 2.43. The molecule has 0 spiro atoms. The molecule has 1 rings (SSSR count). The first-order valence-electron chi connectivity index (χ1n) is 7.83. The van der Waals surface area contributed by atoms with E-state index in [4.69, 9.17) is 4.74 Å². The van der Waals surface area contributed by atoms with Gasteiger partial charge in [0.25, 0.3) is 0 Å². The second-order valence-electron chi connectivity index (χ2n) is 6.64. The second-order valence-corrected chi connectivity index (χ2v) is 8.20. The number of hydrogen-bond donors (Lipinski definition) is 2. The number of anilines is 1. The Labute approximate surface area is 151 Å². The van der Waals surface area contributed by atoms with Crippen LogP contribution in [0.15, 0.2) is 18.3 Å². The molecule has 0 aliphatic heterocycles. The summed E-state index contributed by atoms with van der Waals surface area (Å²) in [7, 11) is 0. The summed E-state index contributed by atoms with van der Waals surface area (Å²) in [4.78, 5) is 38.4. The van der Waals surface area contributed by atoms with Crippen molar-refractivity contribution in [2.45, 2.75) is 51.9 Å². The Balaban J connectivity index is 2.73. The maximum absolute atomic E-state index is 11.7. The number of aliphatic carboxylic acids is 1. The van der Waals surface area contributed by atoms with E-state index >= 15 is 0 Å². The minimum absolute atomic E-state index is 0.117. The van der Waals surface area contributed by atoms with Gasteiger partial charge < -0.3 is 9.84 Å². The molecular formula is C17H24N2O5S. The third-order valence-corrected chi connectivity index (χ3v) is 4.18. The van der Waals surface area contributed by atoms with Crippen LogP contribution in [-0.2, 0) is 20.7 Å². The van der Waals surface area contributed by atoms with Crippen molar-refractivity contribution in [3.63, 3.8) is 0 Å². The zero-order valence-corrected chi connectivity index (χ0v) is 15.8. The molecule has 1 aromatic rings. The number of aromatic nitrogens is 1. The molecule has 2 N–H and O–H groups in total. The van der Waals surface area contributed by atoms with Gasteiger partial charge in [0.05, 0.1) is 5.92 Å². The Morgan fingerprint density at radius 2 is 1.96 bits per heavy atom. The van der Waals surface area contributed by atoms with Crippen molar-refractivity contribution in [1.82, 2.24) is 4.98 Å². The number of carboxylic acids is 1. The molecule has 138 valence electrons. The molecule has 1 amide bonds. The molecule has 0 aliphatic carbocycles. The largest absolute Gasteiger partial charge is 0.481 e. The lowest BCUT2D eigenvalue weighted by Gasteiger charge is -2.20. The van der Waals surface area contributed by atoms with E-state index in [1.54, 1.807) is 39.8 Å². The molecule has 0 bridgehead atoms. The number of nitrogens with zero attached hydrogens (tertiary/aromatic N) is 1. The van der Waals surface area contributed by atoms with Gasteiger partial charge in [0.15, 0.2) is 5.12 Å². The van der Waals surface area contributed by atoms with E-state index < -0.39 is 23.6 Å². The summed E-state index contributed by atoms with van der Waals surface area (Å²) in [5.41, 5.74) is 0.0987.